The molecule has 0 radical (unpaired) electrons. The molecule has 14 nitrogen and oxygen atoms in total. The lowest BCUT2D eigenvalue weighted by Crippen LogP contribution is -3.07. The highest BCUT2D eigenvalue weighted by molar-refractivity contribution is 6.16. The lowest BCUT2D eigenvalue weighted by Gasteiger charge is -2.50. The van der Waals surface area contributed by atoms with Gasteiger partial charge in [-0.1, -0.05) is 0 Å². The van der Waals surface area contributed by atoms with Gasteiger partial charge in [-0.15, -0.1) is 0 Å². The van der Waals surface area contributed by atoms with Gasteiger partial charge in [0.1, 0.15) is 18.7 Å². The standard InChI is InChI=1S/C13H16N2O6.C8H8N2O4/c1-12(2,3)21-11(20)14-6-13(7-14,10(18)19)15-8(16)4-5-9(15)17;11-5-1-2-6(12)10(5)8(7(13)14)3-9-4-8/h4-5H,6-7H2,1-3H3,(H,18,19);1-2,9H,3-4H2,(H,13,14). The number of quaternary nitrogens is 1. The number of carbonyl (C=O) groups is 7. The Labute approximate surface area is 198 Å². The summed E-state index contributed by atoms with van der Waals surface area (Å²) in [5.41, 5.74) is -3.86. The number of aliphatic carboxylic acids is 2. The Morgan fingerprint density at radius 2 is 1.29 bits per heavy atom. The third kappa shape index (κ3) is 4.39. The molecule has 5 amide bonds. The Morgan fingerprint density at radius 1 is 0.886 bits per heavy atom. The van der Waals surface area contributed by atoms with E-state index in [-0.39, 0.29) is 26.2 Å². The fourth-order valence-electron chi connectivity index (χ4n) is 3.92. The number of hydrogen-bond donors (Lipinski definition) is 2. The highest BCUT2D eigenvalue weighted by Gasteiger charge is 2.60. The minimum absolute atomic E-state index is 0.175. The zero-order valence-corrected chi connectivity index (χ0v) is 19.2. The maximum atomic E-state index is 11.8. The molecule has 3 N–H and O–H groups in total. The molecule has 2 fully saturated rings. The van der Waals surface area contributed by atoms with Crippen molar-refractivity contribution in [3.63, 3.8) is 0 Å². The molecule has 0 aliphatic carbocycles. The maximum absolute atomic E-state index is 11.8. The molecule has 4 rings (SSSR count). The van der Waals surface area contributed by atoms with Gasteiger partial charge in [0.2, 0.25) is 0 Å². The van der Waals surface area contributed by atoms with Crippen molar-refractivity contribution in [2.45, 2.75) is 37.5 Å². The Morgan fingerprint density at radius 3 is 1.57 bits per heavy atom. The van der Waals surface area contributed by atoms with Crippen LogP contribution in [0.5, 0.6) is 0 Å². The largest absolute Gasteiger partial charge is 0.547 e. The first kappa shape index (κ1) is 25.6. The van der Waals surface area contributed by atoms with E-state index in [0.29, 0.717) is 4.90 Å². The van der Waals surface area contributed by atoms with Gasteiger partial charge in [-0.05, 0) is 20.8 Å². The van der Waals surface area contributed by atoms with Crippen molar-refractivity contribution < 1.29 is 53.8 Å². The van der Waals surface area contributed by atoms with E-state index in [9.17, 15) is 43.8 Å². The quantitative estimate of drug-likeness (QED) is 0.364. The van der Waals surface area contributed by atoms with E-state index in [1.54, 1.807) is 26.1 Å². The molecule has 0 aromatic heterocycles. The van der Waals surface area contributed by atoms with Crippen molar-refractivity contribution >= 4 is 41.7 Å². The summed E-state index contributed by atoms with van der Waals surface area (Å²) >= 11 is 0. The first-order valence-corrected chi connectivity index (χ1v) is 10.5. The molecule has 2 saturated heterocycles. The zero-order chi connectivity index (χ0) is 26.3. The summed E-state index contributed by atoms with van der Waals surface area (Å²) in [7, 11) is 0. The van der Waals surface area contributed by atoms with Crippen molar-refractivity contribution in [3.8, 4) is 0 Å². The maximum Gasteiger partial charge on any atom is 0.410 e. The van der Waals surface area contributed by atoms with Gasteiger partial charge in [0, 0.05) is 24.3 Å². The second-order valence-corrected chi connectivity index (χ2v) is 9.38. The van der Waals surface area contributed by atoms with Crippen molar-refractivity contribution in [2.75, 3.05) is 26.2 Å². The number of carboxylic acid groups (broad SMARTS) is 2. The molecular formula is C21H24N4O10. The fraction of sp³-hybridized carbons (Fsp3) is 0.476. The second kappa shape index (κ2) is 8.61. The number of rotatable bonds is 4. The molecule has 4 aliphatic rings. The molecular weight excluding hydrogens is 468 g/mol. The summed E-state index contributed by atoms with van der Waals surface area (Å²) in [5, 5.41) is 21.9. The Balaban J connectivity index is 0.000000211. The highest BCUT2D eigenvalue weighted by atomic mass is 16.6. The van der Waals surface area contributed by atoms with Crippen LogP contribution in [0, 0.1) is 0 Å². The minimum Gasteiger partial charge on any atom is -0.547 e. The number of likely N-dealkylation sites (tertiary alicyclic amines) is 1. The molecule has 0 saturated carbocycles. The van der Waals surface area contributed by atoms with E-state index in [4.69, 9.17) is 4.74 Å². The van der Waals surface area contributed by atoms with E-state index in [0.717, 1.165) is 34.1 Å². The van der Waals surface area contributed by atoms with Gasteiger partial charge in [0.05, 0.1) is 19.1 Å². The van der Waals surface area contributed by atoms with Crippen LogP contribution in [-0.2, 0) is 33.5 Å². The van der Waals surface area contributed by atoms with Crippen LogP contribution < -0.4 is 10.4 Å². The summed E-state index contributed by atoms with van der Waals surface area (Å²) in [6, 6.07) is 0. The Hall–Kier alpha value is -4.07. The van der Waals surface area contributed by atoms with Crippen molar-refractivity contribution in [1.29, 1.82) is 0 Å². The number of nitrogens with zero attached hydrogens (tertiary/aromatic N) is 3. The number of hydrogen-bond acceptors (Lipinski definition) is 9. The average Bonchev–Trinajstić information content (AvgIpc) is 3.16. The summed E-state index contributed by atoms with van der Waals surface area (Å²) in [5.74, 6) is -5.23. The monoisotopic (exact) mass is 492 g/mol. The zero-order valence-electron chi connectivity index (χ0n) is 19.2. The van der Waals surface area contributed by atoms with Crippen LogP contribution in [-0.4, -0.2) is 104 Å². The van der Waals surface area contributed by atoms with E-state index in [2.05, 4.69) is 0 Å². The summed E-state index contributed by atoms with van der Waals surface area (Å²) in [4.78, 5) is 82.6. The van der Waals surface area contributed by atoms with Gasteiger partial charge in [0.15, 0.2) is 11.1 Å². The highest BCUT2D eigenvalue weighted by Crippen LogP contribution is 2.32. The lowest BCUT2D eigenvalue weighted by atomic mass is 9.88. The van der Waals surface area contributed by atoms with Crippen LogP contribution in [0.25, 0.3) is 0 Å². The molecule has 14 heteroatoms. The lowest BCUT2D eigenvalue weighted by molar-refractivity contribution is -0.728. The molecule has 0 bridgehead atoms. The van der Waals surface area contributed by atoms with E-state index >= 15 is 0 Å². The van der Waals surface area contributed by atoms with Gasteiger partial charge in [0.25, 0.3) is 23.6 Å². The number of imide groups is 2. The summed E-state index contributed by atoms with van der Waals surface area (Å²) in [6.45, 7) is 4.85. The van der Waals surface area contributed by atoms with Crippen LogP contribution in [0.15, 0.2) is 24.3 Å². The number of carbonyl (C=O) groups excluding carboxylic acids is 6. The van der Waals surface area contributed by atoms with Crippen LogP contribution in [0.1, 0.15) is 20.8 Å². The predicted octanol–water partition coefficient (Wildman–Crippen LogP) is -4.04. The predicted molar refractivity (Wildman–Crippen MR) is 110 cm³/mol. The Bertz CT molecular complexity index is 1040. The number of ether oxygens (including phenoxy) is 1. The molecule has 0 atom stereocenters. The summed E-state index contributed by atoms with van der Waals surface area (Å²) < 4.78 is 5.12. The molecule has 0 spiro atoms. The first-order chi connectivity index (χ1) is 16.1. The number of nitrogens with two attached hydrogens (primary N) is 1. The van der Waals surface area contributed by atoms with Gasteiger partial charge in [-0.3, -0.25) is 29.0 Å². The SMILES string of the molecule is CC(C)(C)OC(=O)N1CC(C(=O)O)(N2C(=O)C=CC2=O)C1.O=C1C=CC(=O)N1C1(C(=O)[O-])C[NH2+]C1. The van der Waals surface area contributed by atoms with E-state index in [1.807, 2.05) is 0 Å². The number of amides is 5. The third-order valence-corrected chi connectivity index (χ3v) is 5.77. The fourth-order valence-corrected chi connectivity index (χ4v) is 3.92. The van der Waals surface area contributed by atoms with Crippen LogP contribution in [0.3, 0.4) is 0 Å². The van der Waals surface area contributed by atoms with Crippen molar-refractivity contribution in [1.82, 2.24) is 14.7 Å². The third-order valence-electron chi connectivity index (χ3n) is 5.77. The van der Waals surface area contributed by atoms with E-state index < -0.39 is 58.3 Å². The first-order valence-electron chi connectivity index (χ1n) is 10.5. The average molecular weight is 492 g/mol. The molecule has 0 aromatic rings. The van der Waals surface area contributed by atoms with E-state index in [1.165, 1.54) is 0 Å². The number of carboxylic acids is 2. The normalized spacial score (nSPS) is 21.9. The molecule has 0 unspecified atom stereocenters. The van der Waals surface area contributed by atoms with Crippen LogP contribution in [0.4, 0.5) is 4.79 Å². The molecule has 4 aliphatic heterocycles. The smallest absolute Gasteiger partial charge is 0.410 e. The van der Waals surface area contributed by atoms with Gasteiger partial charge >= 0.3 is 12.1 Å². The molecule has 0 aromatic carbocycles. The molecule has 35 heavy (non-hydrogen) atoms. The summed E-state index contributed by atoms with van der Waals surface area (Å²) in [6.07, 6.45) is 3.51. The Kier molecular flexibility index (Phi) is 6.29. The van der Waals surface area contributed by atoms with Gasteiger partial charge in [-0.2, -0.15) is 0 Å². The van der Waals surface area contributed by atoms with Gasteiger partial charge < -0.3 is 30.0 Å². The minimum atomic E-state index is -1.71. The molecule has 188 valence electrons. The van der Waals surface area contributed by atoms with Crippen LogP contribution in [0.2, 0.25) is 0 Å². The second-order valence-electron chi connectivity index (χ2n) is 9.38. The van der Waals surface area contributed by atoms with Crippen LogP contribution >= 0.6 is 0 Å². The topological polar surface area (TPSA) is 198 Å². The van der Waals surface area contributed by atoms with Gasteiger partial charge in [-0.25, -0.2) is 9.59 Å². The van der Waals surface area contributed by atoms with Crippen molar-refractivity contribution in [2.24, 2.45) is 0 Å². The molecule has 4 heterocycles. The van der Waals surface area contributed by atoms with Crippen molar-refractivity contribution in [3.05, 3.63) is 24.3 Å².